The van der Waals surface area contributed by atoms with Gasteiger partial charge in [-0.3, -0.25) is 0 Å². The molecule has 1 atom stereocenters. The van der Waals surface area contributed by atoms with Gasteiger partial charge in [-0.25, -0.2) is 12.8 Å². The molecule has 4 nitrogen and oxygen atoms in total. The van der Waals surface area contributed by atoms with Crippen LogP contribution in [0.15, 0.2) is 47.4 Å². The Hall–Kier alpha value is -1.92. The number of nitrogens with zero attached hydrogens (tertiary/aromatic N) is 2. The van der Waals surface area contributed by atoms with Crippen LogP contribution in [-0.2, 0) is 10.0 Å². The molecule has 0 bridgehead atoms. The fourth-order valence-electron chi connectivity index (χ4n) is 3.28. The molecule has 0 N–H and O–H groups in total. The van der Waals surface area contributed by atoms with Crippen LogP contribution >= 0.6 is 0 Å². The maximum atomic E-state index is 13.5. The molecule has 3 rings (SSSR count). The van der Waals surface area contributed by atoms with Crippen molar-refractivity contribution >= 4 is 15.7 Å². The maximum absolute atomic E-state index is 13.5. The molecule has 1 fully saturated rings. The first-order valence-corrected chi connectivity index (χ1v) is 9.80. The first kappa shape index (κ1) is 17.9. The lowest BCUT2D eigenvalue weighted by Crippen LogP contribution is -2.30. The van der Waals surface area contributed by atoms with Crippen molar-refractivity contribution in [2.75, 3.05) is 25.5 Å². The minimum absolute atomic E-state index is 0.155. The van der Waals surface area contributed by atoms with Gasteiger partial charge < -0.3 is 4.90 Å². The molecule has 2 aromatic rings. The second kappa shape index (κ2) is 6.77. The largest absolute Gasteiger partial charge is 0.378 e. The van der Waals surface area contributed by atoms with Crippen molar-refractivity contribution in [3.05, 3.63) is 59.4 Å². The van der Waals surface area contributed by atoms with E-state index in [-0.39, 0.29) is 10.9 Å². The minimum atomic E-state index is -3.66. The Kier molecular flexibility index (Phi) is 4.84. The van der Waals surface area contributed by atoms with Crippen molar-refractivity contribution < 1.29 is 12.8 Å². The number of sulfonamides is 1. The van der Waals surface area contributed by atoms with Crippen LogP contribution in [0, 0.1) is 12.7 Å². The molecule has 1 saturated heterocycles. The first-order chi connectivity index (χ1) is 11.8. The molecule has 1 heterocycles. The SMILES string of the molecule is Cc1cc(S(=O)(=O)N2CCCC2c2cccc(N(C)C)c2)ccc1F. The minimum Gasteiger partial charge on any atom is -0.378 e. The topological polar surface area (TPSA) is 40.6 Å². The fraction of sp³-hybridized carbons (Fsp3) is 0.368. The van der Waals surface area contributed by atoms with Crippen LogP contribution in [0.1, 0.15) is 30.0 Å². The van der Waals surface area contributed by atoms with Gasteiger partial charge in [0, 0.05) is 26.3 Å². The molecule has 0 aromatic heterocycles. The highest BCUT2D eigenvalue weighted by molar-refractivity contribution is 7.89. The predicted molar refractivity (Wildman–Crippen MR) is 97.8 cm³/mol. The highest BCUT2D eigenvalue weighted by Crippen LogP contribution is 2.37. The van der Waals surface area contributed by atoms with Gasteiger partial charge in [-0.05, 0) is 61.2 Å². The van der Waals surface area contributed by atoms with Gasteiger partial charge in [0.05, 0.1) is 10.9 Å². The Morgan fingerprint density at radius 3 is 2.60 bits per heavy atom. The van der Waals surface area contributed by atoms with Gasteiger partial charge >= 0.3 is 0 Å². The highest BCUT2D eigenvalue weighted by atomic mass is 32.2. The molecule has 0 radical (unpaired) electrons. The summed E-state index contributed by atoms with van der Waals surface area (Å²) in [5.74, 6) is -0.393. The van der Waals surface area contributed by atoms with Gasteiger partial charge in [0.15, 0.2) is 0 Å². The summed E-state index contributed by atoms with van der Waals surface area (Å²) in [6, 6.07) is 11.8. The van der Waals surface area contributed by atoms with E-state index in [1.807, 2.05) is 43.3 Å². The van der Waals surface area contributed by atoms with Crippen LogP contribution in [0.2, 0.25) is 0 Å². The maximum Gasteiger partial charge on any atom is 0.243 e. The van der Waals surface area contributed by atoms with Crippen molar-refractivity contribution in [3.63, 3.8) is 0 Å². The molecule has 0 aliphatic carbocycles. The number of hydrogen-bond donors (Lipinski definition) is 0. The molecular formula is C19H23FN2O2S. The number of benzene rings is 2. The molecule has 1 aliphatic heterocycles. The monoisotopic (exact) mass is 362 g/mol. The summed E-state index contributed by atoms with van der Waals surface area (Å²) in [5.41, 5.74) is 2.37. The van der Waals surface area contributed by atoms with E-state index < -0.39 is 15.8 Å². The molecule has 1 unspecified atom stereocenters. The summed E-state index contributed by atoms with van der Waals surface area (Å²) in [6.07, 6.45) is 1.60. The molecule has 6 heteroatoms. The van der Waals surface area contributed by atoms with Crippen molar-refractivity contribution in [2.45, 2.75) is 30.7 Å². The van der Waals surface area contributed by atoms with E-state index >= 15 is 0 Å². The van der Waals surface area contributed by atoms with Crippen LogP contribution in [-0.4, -0.2) is 33.4 Å². The lowest BCUT2D eigenvalue weighted by atomic mass is 10.0. The van der Waals surface area contributed by atoms with E-state index in [4.69, 9.17) is 0 Å². The molecule has 1 aliphatic rings. The predicted octanol–water partition coefficient (Wildman–Crippen LogP) is 3.73. The number of halogens is 1. The normalized spacial score (nSPS) is 18.5. The molecule has 0 spiro atoms. The van der Waals surface area contributed by atoms with E-state index in [1.165, 1.54) is 18.2 Å². The third-order valence-corrected chi connectivity index (χ3v) is 6.62. The molecule has 25 heavy (non-hydrogen) atoms. The van der Waals surface area contributed by atoms with E-state index in [0.717, 1.165) is 24.1 Å². The zero-order valence-electron chi connectivity index (χ0n) is 14.7. The average Bonchev–Trinajstić information content (AvgIpc) is 3.08. The van der Waals surface area contributed by atoms with Crippen molar-refractivity contribution in [2.24, 2.45) is 0 Å². The summed E-state index contributed by atoms with van der Waals surface area (Å²) in [6.45, 7) is 2.06. The van der Waals surface area contributed by atoms with Crippen molar-refractivity contribution in [1.29, 1.82) is 0 Å². The Bertz CT molecular complexity index is 881. The van der Waals surface area contributed by atoms with Gasteiger partial charge in [0.1, 0.15) is 5.82 Å². The number of aryl methyl sites for hydroxylation is 1. The number of anilines is 1. The summed E-state index contributed by atoms with van der Waals surface area (Å²) < 4.78 is 41.2. The van der Waals surface area contributed by atoms with Crippen LogP contribution in [0.25, 0.3) is 0 Å². The Balaban J connectivity index is 1.98. The average molecular weight is 362 g/mol. The van der Waals surface area contributed by atoms with E-state index in [0.29, 0.717) is 12.1 Å². The molecule has 2 aromatic carbocycles. The molecular weight excluding hydrogens is 339 g/mol. The van der Waals surface area contributed by atoms with Gasteiger partial charge in [-0.15, -0.1) is 0 Å². The fourth-order valence-corrected chi connectivity index (χ4v) is 5.05. The zero-order chi connectivity index (χ0) is 18.2. The third kappa shape index (κ3) is 3.41. The second-order valence-electron chi connectivity index (χ2n) is 6.67. The van der Waals surface area contributed by atoms with E-state index in [1.54, 1.807) is 11.2 Å². The van der Waals surface area contributed by atoms with Crippen LogP contribution < -0.4 is 4.90 Å². The second-order valence-corrected chi connectivity index (χ2v) is 8.56. The van der Waals surface area contributed by atoms with Gasteiger partial charge in [0.2, 0.25) is 10.0 Å². The zero-order valence-corrected chi connectivity index (χ0v) is 15.6. The molecule has 134 valence electrons. The van der Waals surface area contributed by atoms with Gasteiger partial charge in [0.25, 0.3) is 0 Å². The first-order valence-electron chi connectivity index (χ1n) is 8.36. The quantitative estimate of drug-likeness (QED) is 0.832. The van der Waals surface area contributed by atoms with Crippen molar-refractivity contribution in [1.82, 2.24) is 4.31 Å². The molecule has 0 saturated carbocycles. The Labute approximate surface area is 148 Å². The van der Waals surface area contributed by atoms with Gasteiger partial charge in [-0.1, -0.05) is 12.1 Å². The third-order valence-electron chi connectivity index (χ3n) is 4.71. The van der Waals surface area contributed by atoms with E-state index in [2.05, 4.69) is 0 Å². The Morgan fingerprint density at radius 2 is 1.92 bits per heavy atom. The van der Waals surface area contributed by atoms with Crippen LogP contribution in [0.4, 0.5) is 10.1 Å². The standard InChI is InChI=1S/C19H23FN2O2S/c1-14-12-17(9-10-18(14)20)25(23,24)22-11-5-8-19(22)15-6-4-7-16(13-15)21(2)3/h4,6-7,9-10,12-13,19H,5,8,11H2,1-3H3. The van der Waals surface area contributed by atoms with Crippen LogP contribution in [0.3, 0.4) is 0 Å². The lowest BCUT2D eigenvalue weighted by Gasteiger charge is -2.25. The van der Waals surface area contributed by atoms with Gasteiger partial charge in [-0.2, -0.15) is 4.31 Å². The summed E-state index contributed by atoms with van der Waals surface area (Å²) in [5, 5.41) is 0. The smallest absolute Gasteiger partial charge is 0.243 e. The summed E-state index contributed by atoms with van der Waals surface area (Å²) in [4.78, 5) is 2.16. The summed E-state index contributed by atoms with van der Waals surface area (Å²) >= 11 is 0. The summed E-state index contributed by atoms with van der Waals surface area (Å²) in [7, 11) is 0.268. The van der Waals surface area contributed by atoms with Crippen molar-refractivity contribution in [3.8, 4) is 0 Å². The highest BCUT2D eigenvalue weighted by Gasteiger charge is 2.36. The Morgan fingerprint density at radius 1 is 1.16 bits per heavy atom. The lowest BCUT2D eigenvalue weighted by molar-refractivity contribution is 0.396. The number of hydrogen-bond acceptors (Lipinski definition) is 3. The van der Waals surface area contributed by atoms with E-state index in [9.17, 15) is 12.8 Å². The van der Waals surface area contributed by atoms with Crippen LogP contribution in [0.5, 0.6) is 0 Å². The number of rotatable bonds is 4. The molecule has 0 amide bonds.